The zero-order valence-electron chi connectivity index (χ0n) is 10.3. The number of hydrogen-bond donors (Lipinski definition) is 1. The van der Waals surface area contributed by atoms with E-state index >= 15 is 0 Å². The number of pyridine rings is 1. The molecule has 0 aliphatic carbocycles. The highest BCUT2D eigenvalue weighted by molar-refractivity contribution is 6.02. The summed E-state index contributed by atoms with van der Waals surface area (Å²) in [4.78, 5) is 16.1. The van der Waals surface area contributed by atoms with E-state index in [1.165, 1.54) is 0 Å². The Morgan fingerprint density at radius 2 is 2.17 bits per heavy atom. The lowest BCUT2D eigenvalue weighted by Crippen LogP contribution is -2.19. The van der Waals surface area contributed by atoms with E-state index in [4.69, 9.17) is 5.26 Å². The monoisotopic (exact) mass is 239 g/mol. The molecule has 0 aliphatic rings. The molecule has 90 valence electrons. The number of hydrogen-bond acceptors (Lipinski definition) is 3. The minimum absolute atomic E-state index is 0.298. The lowest BCUT2D eigenvalue weighted by Gasteiger charge is -2.10. The fraction of sp³-hybridized carbons (Fsp3) is 0.214. The summed E-state index contributed by atoms with van der Waals surface area (Å²) in [6.07, 6.45) is 0. The van der Waals surface area contributed by atoms with Gasteiger partial charge < -0.3 is 5.32 Å². The molecule has 2 rings (SSSR count). The van der Waals surface area contributed by atoms with Crippen LogP contribution >= 0.6 is 0 Å². The molecule has 1 aromatic carbocycles. The number of carbonyl (C=O) groups is 1. The number of aryl methyl sites for hydroxylation is 1. The largest absolute Gasteiger partial charge is 0.324 e. The number of benzene rings is 1. The van der Waals surface area contributed by atoms with Crippen LogP contribution < -0.4 is 5.32 Å². The van der Waals surface area contributed by atoms with Gasteiger partial charge in [0.25, 0.3) is 0 Å². The third kappa shape index (κ3) is 2.30. The molecule has 4 heteroatoms. The smallest absolute Gasteiger partial charge is 0.241 e. The summed E-state index contributed by atoms with van der Waals surface area (Å²) in [6.45, 7) is 3.45. The van der Waals surface area contributed by atoms with Crippen molar-refractivity contribution in [3.63, 3.8) is 0 Å². The normalized spacial score (nSPS) is 11.8. The van der Waals surface area contributed by atoms with Crippen molar-refractivity contribution in [2.45, 2.75) is 13.8 Å². The quantitative estimate of drug-likeness (QED) is 0.876. The van der Waals surface area contributed by atoms with Crippen LogP contribution in [0.1, 0.15) is 12.6 Å². The van der Waals surface area contributed by atoms with E-state index < -0.39 is 5.92 Å². The molecule has 18 heavy (non-hydrogen) atoms. The summed E-state index contributed by atoms with van der Waals surface area (Å²) in [7, 11) is 0. The Hall–Kier alpha value is -2.41. The van der Waals surface area contributed by atoms with E-state index in [0.717, 1.165) is 16.6 Å². The van der Waals surface area contributed by atoms with E-state index in [-0.39, 0.29) is 5.91 Å². The predicted octanol–water partition coefficient (Wildman–Crippen LogP) is 2.64. The first-order valence-corrected chi connectivity index (χ1v) is 5.68. The van der Waals surface area contributed by atoms with E-state index in [1.807, 2.05) is 43.3 Å². The van der Waals surface area contributed by atoms with Crippen LogP contribution in [0, 0.1) is 24.2 Å². The minimum atomic E-state index is -0.669. The molecular formula is C14H13N3O. The van der Waals surface area contributed by atoms with Gasteiger partial charge in [-0.05, 0) is 26.0 Å². The molecule has 1 atom stereocenters. The molecule has 0 aliphatic heterocycles. The second-order valence-electron chi connectivity index (χ2n) is 4.17. The van der Waals surface area contributed by atoms with Crippen molar-refractivity contribution in [1.82, 2.24) is 4.98 Å². The van der Waals surface area contributed by atoms with Crippen LogP contribution in [0.5, 0.6) is 0 Å². The summed E-state index contributed by atoms with van der Waals surface area (Å²) >= 11 is 0. The average molecular weight is 239 g/mol. The number of carbonyl (C=O) groups excluding carboxylic acids is 1. The molecule has 0 radical (unpaired) electrons. The van der Waals surface area contributed by atoms with E-state index in [9.17, 15) is 4.79 Å². The fourth-order valence-electron chi connectivity index (χ4n) is 1.71. The number of anilines is 1. The molecule has 1 N–H and O–H groups in total. The molecule has 1 aromatic heterocycles. The van der Waals surface area contributed by atoms with E-state index in [0.29, 0.717) is 5.69 Å². The van der Waals surface area contributed by atoms with Gasteiger partial charge in [-0.25, -0.2) is 0 Å². The maximum Gasteiger partial charge on any atom is 0.241 e. The van der Waals surface area contributed by atoms with Crippen molar-refractivity contribution < 1.29 is 4.79 Å². The Labute approximate surface area is 105 Å². The number of amides is 1. The molecular weight excluding hydrogens is 226 g/mol. The third-order valence-corrected chi connectivity index (χ3v) is 2.69. The number of fused-ring (bicyclic) bond motifs is 1. The van der Waals surface area contributed by atoms with E-state index in [1.54, 1.807) is 6.92 Å². The van der Waals surface area contributed by atoms with Gasteiger partial charge in [-0.2, -0.15) is 5.26 Å². The summed E-state index contributed by atoms with van der Waals surface area (Å²) in [5.74, 6) is -0.967. The minimum Gasteiger partial charge on any atom is -0.324 e. The standard InChI is InChI=1S/C14H13N3O/c1-9(8-15)14(18)17-13-7-10(2)16-12-6-4-3-5-11(12)13/h3-7,9H,1-2H3,(H,16,17,18). The highest BCUT2D eigenvalue weighted by atomic mass is 16.1. The second-order valence-corrected chi connectivity index (χ2v) is 4.17. The number of nitriles is 1. The van der Waals surface area contributed by atoms with Gasteiger partial charge in [0.1, 0.15) is 5.92 Å². The number of nitrogens with one attached hydrogen (secondary N) is 1. The highest BCUT2D eigenvalue weighted by Crippen LogP contribution is 2.23. The van der Waals surface area contributed by atoms with Gasteiger partial charge >= 0.3 is 0 Å². The zero-order chi connectivity index (χ0) is 13.1. The topological polar surface area (TPSA) is 65.8 Å². The average Bonchev–Trinajstić information content (AvgIpc) is 2.37. The Bertz CT molecular complexity index is 643. The van der Waals surface area contributed by atoms with Crippen molar-refractivity contribution in [3.8, 4) is 6.07 Å². The number of rotatable bonds is 2. The maximum absolute atomic E-state index is 11.7. The Morgan fingerprint density at radius 3 is 2.89 bits per heavy atom. The fourth-order valence-corrected chi connectivity index (χ4v) is 1.71. The summed E-state index contributed by atoms with van der Waals surface area (Å²) in [6, 6.07) is 11.3. The number of aromatic nitrogens is 1. The van der Waals surface area contributed by atoms with Crippen LogP contribution in [-0.2, 0) is 4.79 Å². The van der Waals surface area contributed by atoms with Gasteiger partial charge in [-0.3, -0.25) is 9.78 Å². The molecule has 0 fully saturated rings. The van der Waals surface area contributed by atoms with Crippen molar-refractivity contribution in [3.05, 3.63) is 36.0 Å². The maximum atomic E-state index is 11.7. The van der Waals surface area contributed by atoms with Gasteiger partial charge in [0.15, 0.2) is 0 Å². The molecule has 0 saturated heterocycles. The molecule has 1 heterocycles. The lowest BCUT2D eigenvalue weighted by atomic mass is 10.1. The molecule has 1 unspecified atom stereocenters. The van der Waals surface area contributed by atoms with Crippen molar-refractivity contribution in [2.75, 3.05) is 5.32 Å². The summed E-state index contributed by atoms with van der Waals surface area (Å²) < 4.78 is 0. The van der Waals surface area contributed by atoms with Crippen LogP contribution in [0.15, 0.2) is 30.3 Å². The molecule has 0 saturated carbocycles. The first-order chi connectivity index (χ1) is 8.61. The van der Waals surface area contributed by atoms with Crippen molar-refractivity contribution in [2.24, 2.45) is 5.92 Å². The van der Waals surface area contributed by atoms with Gasteiger partial charge in [0.2, 0.25) is 5.91 Å². The van der Waals surface area contributed by atoms with Gasteiger partial charge in [0, 0.05) is 11.1 Å². The van der Waals surface area contributed by atoms with Crippen molar-refractivity contribution >= 4 is 22.5 Å². The zero-order valence-corrected chi connectivity index (χ0v) is 10.3. The Morgan fingerprint density at radius 1 is 1.44 bits per heavy atom. The molecule has 0 bridgehead atoms. The summed E-state index contributed by atoms with van der Waals surface area (Å²) in [5.41, 5.74) is 2.36. The lowest BCUT2D eigenvalue weighted by molar-refractivity contribution is -0.117. The van der Waals surface area contributed by atoms with Crippen LogP contribution in [0.4, 0.5) is 5.69 Å². The molecule has 1 amide bonds. The molecule has 2 aromatic rings. The first-order valence-electron chi connectivity index (χ1n) is 5.68. The number of nitrogens with zero attached hydrogens (tertiary/aromatic N) is 2. The third-order valence-electron chi connectivity index (χ3n) is 2.69. The highest BCUT2D eigenvalue weighted by Gasteiger charge is 2.13. The predicted molar refractivity (Wildman–Crippen MR) is 69.9 cm³/mol. The SMILES string of the molecule is Cc1cc(NC(=O)C(C)C#N)c2ccccc2n1. The van der Waals surface area contributed by atoms with Gasteiger partial charge in [0.05, 0.1) is 17.3 Å². The van der Waals surface area contributed by atoms with Gasteiger partial charge in [-0.1, -0.05) is 18.2 Å². The Balaban J connectivity index is 2.45. The van der Waals surface area contributed by atoms with Gasteiger partial charge in [-0.15, -0.1) is 0 Å². The summed E-state index contributed by atoms with van der Waals surface area (Å²) in [5, 5.41) is 12.4. The van der Waals surface area contributed by atoms with E-state index in [2.05, 4.69) is 10.3 Å². The molecule has 4 nitrogen and oxygen atoms in total. The Kier molecular flexibility index (Phi) is 3.24. The number of para-hydroxylation sites is 1. The first kappa shape index (κ1) is 12.1. The van der Waals surface area contributed by atoms with Crippen molar-refractivity contribution in [1.29, 1.82) is 5.26 Å². The second kappa shape index (κ2) is 4.84. The molecule has 0 spiro atoms. The van der Waals surface area contributed by atoms with Crippen LogP contribution in [0.3, 0.4) is 0 Å². The van der Waals surface area contributed by atoms with Crippen LogP contribution in [-0.4, -0.2) is 10.9 Å². The van der Waals surface area contributed by atoms with Crippen LogP contribution in [0.2, 0.25) is 0 Å². The van der Waals surface area contributed by atoms with Crippen LogP contribution in [0.25, 0.3) is 10.9 Å².